The first-order valence-electron chi connectivity index (χ1n) is 5.86. The van der Waals surface area contributed by atoms with E-state index in [4.69, 9.17) is 16.3 Å². The van der Waals surface area contributed by atoms with E-state index in [-0.39, 0.29) is 16.4 Å². The summed E-state index contributed by atoms with van der Waals surface area (Å²) in [4.78, 5) is 0. The van der Waals surface area contributed by atoms with Gasteiger partial charge in [-0.15, -0.1) is 0 Å². The van der Waals surface area contributed by atoms with Gasteiger partial charge in [0.1, 0.15) is 5.82 Å². The Morgan fingerprint density at radius 2 is 2.12 bits per heavy atom. The second-order valence-corrected chi connectivity index (χ2v) is 5.12. The predicted octanol–water partition coefficient (Wildman–Crippen LogP) is 3.14. The zero-order chi connectivity index (χ0) is 12.3. The molecular formula is C13H17ClFNO. The van der Waals surface area contributed by atoms with Crippen LogP contribution in [0.2, 0.25) is 5.02 Å². The molecule has 94 valence electrons. The van der Waals surface area contributed by atoms with E-state index in [2.05, 4.69) is 12.2 Å². The molecule has 0 spiro atoms. The van der Waals surface area contributed by atoms with Crippen LogP contribution in [0.25, 0.3) is 0 Å². The van der Waals surface area contributed by atoms with Gasteiger partial charge in [-0.1, -0.05) is 23.7 Å². The molecule has 0 aromatic heterocycles. The van der Waals surface area contributed by atoms with E-state index in [1.807, 2.05) is 6.07 Å². The Bertz CT molecular complexity index is 391. The topological polar surface area (TPSA) is 21.3 Å². The van der Waals surface area contributed by atoms with Crippen molar-refractivity contribution in [3.63, 3.8) is 0 Å². The number of ether oxygens (including phenoxy) is 1. The molecule has 0 amide bonds. The van der Waals surface area contributed by atoms with Crippen LogP contribution in [0.3, 0.4) is 0 Å². The van der Waals surface area contributed by atoms with Crippen LogP contribution < -0.4 is 5.32 Å². The molecule has 0 aliphatic carbocycles. The molecule has 0 bridgehead atoms. The lowest BCUT2D eigenvalue weighted by atomic mass is 9.92. The van der Waals surface area contributed by atoms with Crippen molar-refractivity contribution in [1.29, 1.82) is 0 Å². The molecule has 0 radical (unpaired) electrons. The van der Waals surface area contributed by atoms with Gasteiger partial charge in [0, 0.05) is 25.3 Å². The Morgan fingerprint density at radius 1 is 1.41 bits per heavy atom. The summed E-state index contributed by atoms with van der Waals surface area (Å²) >= 11 is 5.92. The standard InChI is InChI=1S/C13H17ClFNO/c1-13(5-7-17-8-6-13)16-9-10-3-2-4-11(15)12(10)14/h2-4,16H,5-9H2,1H3. The Kier molecular flexibility index (Phi) is 4.02. The van der Waals surface area contributed by atoms with Gasteiger partial charge in [0.05, 0.1) is 5.02 Å². The van der Waals surface area contributed by atoms with Gasteiger partial charge in [0.15, 0.2) is 0 Å². The zero-order valence-electron chi connectivity index (χ0n) is 9.93. The SMILES string of the molecule is CC1(NCc2cccc(F)c2Cl)CCOCC1. The molecule has 4 heteroatoms. The Morgan fingerprint density at radius 3 is 2.82 bits per heavy atom. The van der Waals surface area contributed by atoms with Gasteiger partial charge >= 0.3 is 0 Å². The lowest BCUT2D eigenvalue weighted by Crippen LogP contribution is -2.46. The van der Waals surface area contributed by atoms with Crippen molar-refractivity contribution >= 4 is 11.6 Å². The fourth-order valence-corrected chi connectivity index (χ4v) is 2.19. The minimum absolute atomic E-state index is 0.0634. The van der Waals surface area contributed by atoms with Crippen LogP contribution in [0.5, 0.6) is 0 Å². The third-order valence-electron chi connectivity index (χ3n) is 3.33. The molecule has 0 saturated carbocycles. The van der Waals surface area contributed by atoms with Crippen LogP contribution in [-0.2, 0) is 11.3 Å². The monoisotopic (exact) mass is 257 g/mol. The first kappa shape index (κ1) is 12.8. The molecule has 17 heavy (non-hydrogen) atoms. The number of rotatable bonds is 3. The summed E-state index contributed by atoms with van der Waals surface area (Å²) in [6.45, 7) is 4.32. The Balaban J connectivity index is 1.99. The highest BCUT2D eigenvalue weighted by Crippen LogP contribution is 2.23. The normalized spacial score (nSPS) is 19.2. The Hall–Kier alpha value is -0.640. The fourth-order valence-electron chi connectivity index (χ4n) is 1.99. The molecule has 0 atom stereocenters. The fraction of sp³-hybridized carbons (Fsp3) is 0.538. The summed E-state index contributed by atoms with van der Waals surface area (Å²) in [6, 6.07) is 4.91. The van der Waals surface area contributed by atoms with Crippen LogP contribution in [0.15, 0.2) is 18.2 Å². The van der Waals surface area contributed by atoms with Crippen molar-refractivity contribution in [2.24, 2.45) is 0 Å². The second-order valence-electron chi connectivity index (χ2n) is 4.74. The third kappa shape index (κ3) is 3.18. The summed E-state index contributed by atoms with van der Waals surface area (Å²) in [7, 11) is 0. The summed E-state index contributed by atoms with van der Waals surface area (Å²) in [5.41, 5.74) is 0.868. The maximum absolute atomic E-state index is 13.3. The maximum Gasteiger partial charge on any atom is 0.142 e. The van der Waals surface area contributed by atoms with Crippen molar-refractivity contribution in [2.45, 2.75) is 31.8 Å². The lowest BCUT2D eigenvalue weighted by Gasteiger charge is -2.34. The van der Waals surface area contributed by atoms with E-state index in [0.29, 0.717) is 6.54 Å². The van der Waals surface area contributed by atoms with Gasteiger partial charge in [-0.2, -0.15) is 0 Å². The Labute approximate surface area is 106 Å². The molecule has 1 aromatic carbocycles. The van der Waals surface area contributed by atoms with Crippen LogP contribution in [0.1, 0.15) is 25.3 Å². The average Bonchev–Trinajstić information content (AvgIpc) is 2.32. The molecule has 1 saturated heterocycles. The van der Waals surface area contributed by atoms with E-state index in [1.165, 1.54) is 6.07 Å². The summed E-state index contributed by atoms with van der Waals surface area (Å²) in [5.74, 6) is -0.358. The van der Waals surface area contributed by atoms with Gasteiger partial charge < -0.3 is 10.1 Å². The number of hydrogen-bond donors (Lipinski definition) is 1. The molecular weight excluding hydrogens is 241 g/mol. The number of nitrogens with one attached hydrogen (secondary N) is 1. The molecule has 0 unspecified atom stereocenters. The van der Waals surface area contributed by atoms with Crippen LogP contribution in [0.4, 0.5) is 4.39 Å². The minimum Gasteiger partial charge on any atom is -0.381 e. The maximum atomic E-state index is 13.3. The molecule has 2 rings (SSSR count). The van der Waals surface area contributed by atoms with E-state index < -0.39 is 0 Å². The van der Waals surface area contributed by atoms with Crippen molar-refractivity contribution in [3.05, 3.63) is 34.6 Å². The highest BCUT2D eigenvalue weighted by Gasteiger charge is 2.26. The van der Waals surface area contributed by atoms with Gasteiger partial charge in [0.2, 0.25) is 0 Å². The second kappa shape index (κ2) is 5.34. The van der Waals surface area contributed by atoms with Crippen LogP contribution in [-0.4, -0.2) is 18.8 Å². The highest BCUT2D eigenvalue weighted by molar-refractivity contribution is 6.31. The van der Waals surface area contributed by atoms with E-state index in [0.717, 1.165) is 31.6 Å². The first-order valence-corrected chi connectivity index (χ1v) is 6.24. The van der Waals surface area contributed by atoms with Crippen LogP contribution >= 0.6 is 11.6 Å². The highest BCUT2D eigenvalue weighted by atomic mass is 35.5. The van der Waals surface area contributed by atoms with Crippen LogP contribution in [0, 0.1) is 5.82 Å². The average molecular weight is 258 g/mol. The summed E-state index contributed by atoms with van der Waals surface area (Å²) in [5, 5.41) is 3.67. The zero-order valence-corrected chi connectivity index (χ0v) is 10.7. The largest absolute Gasteiger partial charge is 0.381 e. The first-order chi connectivity index (χ1) is 8.11. The molecule has 2 nitrogen and oxygen atoms in total. The van der Waals surface area contributed by atoms with Gasteiger partial charge in [-0.3, -0.25) is 0 Å². The van der Waals surface area contributed by atoms with Crippen molar-refractivity contribution in [3.8, 4) is 0 Å². The van der Waals surface area contributed by atoms with Gasteiger partial charge in [-0.05, 0) is 31.4 Å². The minimum atomic E-state index is -0.358. The van der Waals surface area contributed by atoms with Crippen molar-refractivity contribution < 1.29 is 9.13 Å². The third-order valence-corrected chi connectivity index (χ3v) is 3.76. The summed E-state index contributed by atoms with van der Waals surface area (Å²) < 4.78 is 18.6. The molecule has 1 heterocycles. The predicted molar refractivity (Wildman–Crippen MR) is 66.7 cm³/mol. The van der Waals surface area contributed by atoms with E-state index in [9.17, 15) is 4.39 Å². The molecule has 1 aliphatic rings. The van der Waals surface area contributed by atoms with E-state index in [1.54, 1.807) is 6.07 Å². The number of hydrogen-bond acceptors (Lipinski definition) is 2. The molecule has 1 aliphatic heterocycles. The molecule has 1 fully saturated rings. The lowest BCUT2D eigenvalue weighted by molar-refractivity contribution is 0.0446. The summed E-state index contributed by atoms with van der Waals surface area (Å²) in [6.07, 6.45) is 1.94. The molecule has 1 N–H and O–H groups in total. The van der Waals surface area contributed by atoms with Gasteiger partial charge in [0.25, 0.3) is 0 Å². The smallest absolute Gasteiger partial charge is 0.142 e. The number of halogens is 2. The molecule has 1 aromatic rings. The van der Waals surface area contributed by atoms with Crippen molar-refractivity contribution in [2.75, 3.05) is 13.2 Å². The van der Waals surface area contributed by atoms with E-state index >= 15 is 0 Å². The number of benzene rings is 1. The quantitative estimate of drug-likeness (QED) is 0.898. The van der Waals surface area contributed by atoms with Crippen molar-refractivity contribution in [1.82, 2.24) is 5.32 Å². The van der Waals surface area contributed by atoms with Gasteiger partial charge in [-0.25, -0.2) is 4.39 Å².